The lowest BCUT2D eigenvalue weighted by molar-refractivity contribution is -0.109. The van der Waals surface area contributed by atoms with Crippen molar-refractivity contribution in [1.82, 2.24) is 0 Å². The molecule has 0 fully saturated rings. The lowest BCUT2D eigenvalue weighted by atomic mass is 10.1. The van der Waals surface area contributed by atoms with Crippen molar-refractivity contribution in [2.24, 2.45) is 5.92 Å². The summed E-state index contributed by atoms with van der Waals surface area (Å²) in [6.45, 7) is 5.83. The van der Waals surface area contributed by atoms with Gasteiger partial charge < -0.3 is 4.74 Å². The van der Waals surface area contributed by atoms with E-state index in [4.69, 9.17) is 4.74 Å². The van der Waals surface area contributed by atoms with Crippen LogP contribution in [0.4, 0.5) is 0 Å². The molecule has 2 atom stereocenters. The fourth-order valence-corrected chi connectivity index (χ4v) is 3.72. The normalized spacial score (nSPS) is 19.8. The van der Waals surface area contributed by atoms with E-state index in [0.29, 0.717) is 5.92 Å². The number of benzene rings is 2. The first-order chi connectivity index (χ1) is 10.5. The van der Waals surface area contributed by atoms with Crippen molar-refractivity contribution in [3.05, 3.63) is 59.2 Å². The predicted molar refractivity (Wildman–Crippen MR) is 90.4 cm³/mol. The molecule has 0 N–H and O–H groups in total. The molecule has 2 nitrogen and oxygen atoms in total. The van der Waals surface area contributed by atoms with Gasteiger partial charge in [-0.1, -0.05) is 49.0 Å². The molecule has 0 saturated carbocycles. The first kappa shape index (κ1) is 15.2. The molecule has 0 aliphatic heterocycles. The Hall–Kier alpha value is -1.74. The summed E-state index contributed by atoms with van der Waals surface area (Å²) in [7, 11) is 0. The highest BCUT2D eigenvalue weighted by Gasteiger charge is 2.30. The minimum Gasteiger partial charge on any atom is -0.485 e. The number of rotatable bonds is 3. The van der Waals surface area contributed by atoms with Gasteiger partial charge >= 0.3 is 0 Å². The number of thioether (sulfide) groups is 1. The van der Waals surface area contributed by atoms with Crippen molar-refractivity contribution in [3.63, 3.8) is 0 Å². The van der Waals surface area contributed by atoms with Crippen LogP contribution in [0.25, 0.3) is 0 Å². The van der Waals surface area contributed by atoms with Crippen LogP contribution in [0.1, 0.15) is 36.6 Å². The first-order valence-electron chi connectivity index (χ1n) is 7.58. The van der Waals surface area contributed by atoms with Crippen LogP contribution >= 0.6 is 11.8 Å². The Morgan fingerprint density at radius 3 is 2.77 bits per heavy atom. The molecule has 3 rings (SSSR count). The highest BCUT2D eigenvalue weighted by molar-refractivity contribution is 8.13. The highest BCUT2D eigenvalue weighted by atomic mass is 32.2. The average molecular weight is 312 g/mol. The largest absolute Gasteiger partial charge is 0.485 e. The van der Waals surface area contributed by atoms with Gasteiger partial charge in [0, 0.05) is 17.7 Å². The molecule has 22 heavy (non-hydrogen) atoms. The van der Waals surface area contributed by atoms with E-state index in [2.05, 4.69) is 31.2 Å². The summed E-state index contributed by atoms with van der Waals surface area (Å²) in [4.78, 5) is 12.3. The second kappa shape index (κ2) is 6.17. The quantitative estimate of drug-likeness (QED) is 0.750. The van der Waals surface area contributed by atoms with E-state index in [0.717, 1.165) is 22.6 Å². The summed E-state index contributed by atoms with van der Waals surface area (Å²) in [6, 6.07) is 14.5. The van der Waals surface area contributed by atoms with E-state index in [1.165, 1.54) is 22.9 Å². The molecule has 114 valence electrons. The third-order valence-corrected chi connectivity index (χ3v) is 5.04. The molecule has 0 spiro atoms. The van der Waals surface area contributed by atoms with Gasteiger partial charge in [-0.25, -0.2) is 0 Å². The van der Waals surface area contributed by atoms with Gasteiger partial charge in [0.2, 0.25) is 0 Å². The molecular weight excluding hydrogens is 292 g/mol. The summed E-state index contributed by atoms with van der Waals surface area (Å²) >= 11 is 1.26. The Kier molecular flexibility index (Phi) is 4.25. The minimum atomic E-state index is 0.0917. The van der Waals surface area contributed by atoms with E-state index in [1.807, 2.05) is 25.1 Å². The van der Waals surface area contributed by atoms with Crippen LogP contribution in [-0.4, -0.2) is 5.12 Å². The van der Waals surface area contributed by atoms with Gasteiger partial charge in [0.05, 0.1) is 0 Å². The molecule has 3 heteroatoms. The number of carbonyl (C=O) groups excluding carboxylic acids is 1. The molecule has 0 heterocycles. The topological polar surface area (TPSA) is 26.3 Å². The standard InChI is InChI=1S/C19H20O2S/c1-12-8-9-16(11-18(12)22-14(3)20)21-19-13(2)10-15-6-4-5-7-17(15)19/h4-9,11,13,19H,10H2,1-3H3/t13-,19?/m1/s1. The van der Waals surface area contributed by atoms with Gasteiger partial charge in [-0.3, -0.25) is 4.79 Å². The Morgan fingerprint density at radius 2 is 2.00 bits per heavy atom. The maximum Gasteiger partial charge on any atom is 0.190 e. The van der Waals surface area contributed by atoms with Crippen LogP contribution in [0.15, 0.2) is 47.4 Å². The van der Waals surface area contributed by atoms with Crippen LogP contribution in [0.3, 0.4) is 0 Å². The van der Waals surface area contributed by atoms with Crippen molar-refractivity contribution in [2.45, 2.75) is 38.2 Å². The molecule has 2 aromatic rings. The van der Waals surface area contributed by atoms with Gasteiger partial charge in [-0.2, -0.15) is 0 Å². The minimum absolute atomic E-state index is 0.0917. The molecule has 1 aliphatic rings. The molecule has 1 unspecified atom stereocenters. The number of ether oxygens (including phenoxy) is 1. The Morgan fingerprint density at radius 1 is 1.23 bits per heavy atom. The van der Waals surface area contributed by atoms with Crippen LogP contribution < -0.4 is 4.74 Å². The second-order valence-corrected chi connectivity index (χ2v) is 7.16. The Balaban J connectivity index is 1.86. The number of hydrogen-bond acceptors (Lipinski definition) is 3. The number of fused-ring (bicyclic) bond motifs is 1. The molecule has 0 amide bonds. The summed E-state index contributed by atoms with van der Waals surface area (Å²) in [5.74, 6) is 1.30. The zero-order valence-electron chi connectivity index (χ0n) is 13.1. The van der Waals surface area contributed by atoms with Crippen molar-refractivity contribution in [1.29, 1.82) is 0 Å². The van der Waals surface area contributed by atoms with Gasteiger partial charge in [0.1, 0.15) is 11.9 Å². The number of hydrogen-bond donors (Lipinski definition) is 0. The van der Waals surface area contributed by atoms with E-state index >= 15 is 0 Å². The lowest BCUT2D eigenvalue weighted by Gasteiger charge is -2.20. The average Bonchev–Trinajstić information content (AvgIpc) is 2.78. The van der Waals surface area contributed by atoms with E-state index in [-0.39, 0.29) is 11.2 Å². The molecule has 2 aromatic carbocycles. The maximum absolute atomic E-state index is 11.4. The third-order valence-electron chi connectivity index (χ3n) is 4.10. The lowest BCUT2D eigenvalue weighted by Crippen LogP contribution is -2.11. The molecule has 0 bridgehead atoms. The molecular formula is C19H20O2S. The maximum atomic E-state index is 11.4. The van der Waals surface area contributed by atoms with Crippen LogP contribution in [0, 0.1) is 12.8 Å². The van der Waals surface area contributed by atoms with Crippen molar-refractivity contribution < 1.29 is 9.53 Å². The molecule has 0 aromatic heterocycles. The molecule has 1 aliphatic carbocycles. The van der Waals surface area contributed by atoms with Crippen molar-refractivity contribution in [2.75, 3.05) is 0 Å². The first-order valence-corrected chi connectivity index (χ1v) is 8.40. The fourth-order valence-electron chi connectivity index (χ4n) is 3.00. The van der Waals surface area contributed by atoms with E-state index in [1.54, 1.807) is 6.92 Å². The Bertz CT molecular complexity index is 708. The second-order valence-electron chi connectivity index (χ2n) is 5.94. The Labute approximate surface area is 135 Å². The van der Waals surface area contributed by atoms with Gasteiger partial charge in [0.15, 0.2) is 5.12 Å². The monoisotopic (exact) mass is 312 g/mol. The van der Waals surface area contributed by atoms with Crippen LogP contribution in [0.2, 0.25) is 0 Å². The summed E-state index contributed by atoms with van der Waals surface area (Å²) < 4.78 is 6.27. The SMILES string of the molecule is CC(=O)Sc1cc(OC2c3ccccc3C[C@H]2C)ccc1C. The predicted octanol–water partition coefficient (Wildman–Crippen LogP) is 4.95. The summed E-state index contributed by atoms with van der Waals surface area (Å²) in [6.07, 6.45) is 1.15. The van der Waals surface area contributed by atoms with Gasteiger partial charge in [0.25, 0.3) is 0 Å². The zero-order valence-corrected chi connectivity index (χ0v) is 13.9. The number of carbonyl (C=O) groups is 1. The zero-order chi connectivity index (χ0) is 15.7. The highest BCUT2D eigenvalue weighted by Crippen LogP contribution is 2.39. The molecule has 0 radical (unpaired) electrons. The smallest absolute Gasteiger partial charge is 0.190 e. The van der Waals surface area contributed by atoms with Gasteiger partial charge in [-0.15, -0.1) is 0 Å². The summed E-state index contributed by atoms with van der Waals surface area (Å²) in [5.41, 5.74) is 3.77. The fraction of sp³-hybridized carbons (Fsp3) is 0.316. The van der Waals surface area contributed by atoms with Crippen molar-refractivity contribution >= 4 is 16.9 Å². The third kappa shape index (κ3) is 3.05. The van der Waals surface area contributed by atoms with E-state index in [9.17, 15) is 4.79 Å². The number of aryl methyl sites for hydroxylation is 1. The summed E-state index contributed by atoms with van der Waals surface area (Å²) in [5, 5.41) is 0.0971. The van der Waals surface area contributed by atoms with Gasteiger partial charge in [-0.05, 0) is 42.2 Å². The van der Waals surface area contributed by atoms with Crippen LogP contribution in [-0.2, 0) is 11.2 Å². The van der Waals surface area contributed by atoms with Crippen molar-refractivity contribution in [3.8, 4) is 5.75 Å². The van der Waals surface area contributed by atoms with Crippen LogP contribution in [0.5, 0.6) is 5.75 Å². The molecule has 0 saturated heterocycles. The van der Waals surface area contributed by atoms with E-state index < -0.39 is 0 Å².